The number of fused-ring (bicyclic) bond motifs is 2. The molecule has 3 nitrogen and oxygen atoms in total. The predicted molar refractivity (Wildman–Crippen MR) is 141 cm³/mol. The van der Waals surface area contributed by atoms with E-state index in [0.29, 0.717) is 22.2 Å². The summed E-state index contributed by atoms with van der Waals surface area (Å²) in [6, 6.07) is 18.4. The molecule has 0 aromatic heterocycles. The van der Waals surface area contributed by atoms with E-state index < -0.39 is 0 Å². The van der Waals surface area contributed by atoms with Crippen molar-refractivity contribution in [2.24, 2.45) is 0 Å². The van der Waals surface area contributed by atoms with Crippen molar-refractivity contribution in [2.45, 2.75) is 45.6 Å². The summed E-state index contributed by atoms with van der Waals surface area (Å²) in [6.45, 7) is 10.2. The molecule has 176 valence electrons. The van der Waals surface area contributed by atoms with Gasteiger partial charge in [-0.15, -0.1) is 0 Å². The number of anilines is 1. The molecule has 2 aliphatic heterocycles. The van der Waals surface area contributed by atoms with Crippen LogP contribution in [0.5, 0.6) is 0 Å². The largest absolute Gasteiger partial charge is 0.307 e. The third kappa shape index (κ3) is 4.49. The van der Waals surface area contributed by atoms with E-state index in [4.69, 9.17) is 23.2 Å². The van der Waals surface area contributed by atoms with Gasteiger partial charge in [-0.1, -0.05) is 70.2 Å². The van der Waals surface area contributed by atoms with Crippen molar-refractivity contribution in [3.05, 3.63) is 98.0 Å². The maximum atomic E-state index is 13.6. The van der Waals surface area contributed by atoms with E-state index in [1.807, 2.05) is 4.90 Å². The molecule has 0 unspecified atom stereocenters. The molecule has 0 N–H and O–H groups in total. The SMILES string of the molecule is Cc1cc(C)cc(CN2CCC3(CC2)CN(C(=O)c2cc(Cl)cc(Cl)c2)c2ccc(C)cc23)c1. The maximum absolute atomic E-state index is 13.6. The lowest BCUT2D eigenvalue weighted by Crippen LogP contribution is -2.45. The summed E-state index contributed by atoms with van der Waals surface area (Å²) in [5, 5.41) is 0.960. The Labute approximate surface area is 212 Å². The van der Waals surface area contributed by atoms with Crippen LogP contribution in [0.1, 0.15) is 51.0 Å². The van der Waals surface area contributed by atoms with Crippen molar-refractivity contribution in [2.75, 3.05) is 24.5 Å². The van der Waals surface area contributed by atoms with E-state index in [1.165, 1.54) is 27.8 Å². The predicted octanol–water partition coefficient (Wildman–Crippen LogP) is 7.11. The molecule has 0 radical (unpaired) electrons. The number of aryl methyl sites for hydroxylation is 3. The van der Waals surface area contributed by atoms with Gasteiger partial charge in [0.05, 0.1) is 0 Å². The lowest BCUT2D eigenvalue weighted by molar-refractivity contribution is 0.0975. The molecule has 1 amide bonds. The first-order valence-electron chi connectivity index (χ1n) is 11.9. The Kier molecular flexibility index (Phi) is 6.22. The Morgan fingerprint density at radius 3 is 2.15 bits per heavy atom. The van der Waals surface area contributed by atoms with Crippen LogP contribution in [0.15, 0.2) is 54.6 Å². The van der Waals surface area contributed by atoms with Crippen LogP contribution >= 0.6 is 23.2 Å². The van der Waals surface area contributed by atoms with Crippen LogP contribution in [0.3, 0.4) is 0 Å². The fourth-order valence-electron chi connectivity index (χ4n) is 5.78. The highest BCUT2D eigenvalue weighted by Gasteiger charge is 2.46. The highest BCUT2D eigenvalue weighted by atomic mass is 35.5. The molecule has 1 spiro atoms. The number of rotatable bonds is 3. The summed E-state index contributed by atoms with van der Waals surface area (Å²) < 4.78 is 0. The van der Waals surface area contributed by atoms with E-state index in [9.17, 15) is 4.79 Å². The third-order valence-electron chi connectivity index (χ3n) is 7.33. The Morgan fingerprint density at radius 2 is 1.50 bits per heavy atom. The topological polar surface area (TPSA) is 23.6 Å². The van der Waals surface area contributed by atoms with Crippen LogP contribution in [0.4, 0.5) is 5.69 Å². The molecule has 1 saturated heterocycles. The van der Waals surface area contributed by atoms with Crippen LogP contribution < -0.4 is 4.90 Å². The van der Waals surface area contributed by atoms with E-state index in [1.54, 1.807) is 18.2 Å². The Hall–Kier alpha value is -2.33. The van der Waals surface area contributed by atoms with Gasteiger partial charge in [0.1, 0.15) is 0 Å². The molecule has 0 bridgehead atoms. The second-order valence-electron chi connectivity index (χ2n) is 10.1. The van der Waals surface area contributed by atoms with Crippen molar-refractivity contribution in [3.8, 4) is 0 Å². The van der Waals surface area contributed by atoms with Gasteiger partial charge < -0.3 is 4.90 Å². The maximum Gasteiger partial charge on any atom is 0.258 e. The van der Waals surface area contributed by atoms with E-state index in [-0.39, 0.29) is 11.3 Å². The molecule has 0 atom stereocenters. The minimum atomic E-state index is -0.0379. The molecule has 5 rings (SSSR count). The quantitative estimate of drug-likeness (QED) is 0.388. The minimum absolute atomic E-state index is 0.0155. The van der Waals surface area contributed by atoms with E-state index in [2.05, 4.69) is 62.1 Å². The van der Waals surface area contributed by atoms with Gasteiger partial charge in [-0.2, -0.15) is 0 Å². The van der Waals surface area contributed by atoms with Crippen LogP contribution in [0.25, 0.3) is 0 Å². The highest BCUT2D eigenvalue weighted by Crippen LogP contribution is 2.48. The van der Waals surface area contributed by atoms with Gasteiger partial charge in [0.15, 0.2) is 0 Å². The summed E-state index contributed by atoms with van der Waals surface area (Å²) in [5.74, 6) is -0.0379. The number of piperidine rings is 1. The highest BCUT2D eigenvalue weighted by molar-refractivity contribution is 6.35. The number of carbonyl (C=O) groups excluding carboxylic acids is 1. The Balaban J connectivity index is 1.40. The summed E-state index contributed by atoms with van der Waals surface area (Å²) in [6.07, 6.45) is 2.07. The Morgan fingerprint density at radius 1 is 0.853 bits per heavy atom. The summed E-state index contributed by atoms with van der Waals surface area (Å²) in [7, 11) is 0. The number of halogens is 2. The van der Waals surface area contributed by atoms with Gasteiger partial charge in [-0.05, 0) is 82.1 Å². The molecule has 0 saturated carbocycles. The zero-order valence-electron chi connectivity index (χ0n) is 20.0. The van der Waals surface area contributed by atoms with E-state index >= 15 is 0 Å². The molecular weight excluding hydrogens is 463 g/mol. The molecule has 34 heavy (non-hydrogen) atoms. The number of carbonyl (C=O) groups is 1. The second-order valence-corrected chi connectivity index (χ2v) is 11.0. The lowest BCUT2D eigenvalue weighted by atomic mass is 9.74. The lowest BCUT2D eigenvalue weighted by Gasteiger charge is -2.40. The first-order valence-corrected chi connectivity index (χ1v) is 12.7. The van der Waals surface area contributed by atoms with Gasteiger partial charge >= 0.3 is 0 Å². The minimum Gasteiger partial charge on any atom is -0.307 e. The third-order valence-corrected chi connectivity index (χ3v) is 7.77. The average molecular weight is 493 g/mol. The molecule has 2 heterocycles. The van der Waals surface area contributed by atoms with Gasteiger partial charge in [0, 0.05) is 39.8 Å². The van der Waals surface area contributed by atoms with Gasteiger partial charge in [-0.3, -0.25) is 9.69 Å². The van der Waals surface area contributed by atoms with Crippen LogP contribution in [0.2, 0.25) is 10.0 Å². The molecule has 3 aromatic rings. The van der Waals surface area contributed by atoms with Crippen LogP contribution in [0, 0.1) is 20.8 Å². The smallest absolute Gasteiger partial charge is 0.258 e. The number of likely N-dealkylation sites (tertiary alicyclic amines) is 1. The van der Waals surface area contributed by atoms with Crippen molar-refractivity contribution in [1.29, 1.82) is 0 Å². The van der Waals surface area contributed by atoms with Crippen molar-refractivity contribution in [1.82, 2.24) is 4.90 Å². The standard InChI is InChI=1S/C29H30Cl2N2O/c1-19-4-5-27-26(13-19)29(18-33(27)28(34)23-14-24(30)16-25(31)15-23)6-8-32(9-7-29)17-22-11-20(2)10-21(3)12-22/h4-5,10-16H,6-9,17-18H2,1-3H3. The number of benzene rings is 3. The molecule has 1 fully saturated rings. The second kappa shape index (κ2) is 9.03. The number of hydrogen-bond acceptors (Lipinski definition) is 2. The normalized spacial score (nSPS) is 17.3. The van der Waals surface area contributed by atoms with Gasteiger partial charge in [-0.25, -0.2) is 0 Å². The number of amides is 1. The van der Waals surface area contributed by atoms with Crippen molar-refractivity contribution >= 4 is 34.8 Å². The first kappa shape index (κ1) is 23.4. The average Bonchev–Trinajstić information content (AvgIpc) is 3.07. The fraction of sp³-hybridized carbons (Fsp3) is 0.345. The fourth-order valence-corrected chi connectivity index (χ4v) is 6.31. The van der Waals surface area contributed by atoms with Crippen molar-refractivity contribution in [3.63, 3.8) is 0 Å². The summed E-state index contributed by atoms with van der Waals surface area (Å²) in [5.41, 5.74) is 8.10. The zero-order valence-corrected chi connectivity index (χ0v) is 21.5. The zero-order chi connectivity index (χ0) is 24.0. The summed E-state index contributed by atoms with van der Waals surface area (Å²) in [4.78, 5) is 18.1. The molecule has 3 aromatic carbocycles. The van der Waals surface area contributed by atoms with Crippen LogP contribution in [-0.2, 0) is 12.0 Å². The van der Waals surface area contributed by atoms with E-state index in [0.717, 1.165) is 38.2 Å². The number of nitrogens with zero attached hydrogens (tertiary/aromatic N) is 2. The van der Waals surface area contributed by atoms with Gasteiger partial charge in [0.25, 0.3) is 5.91 Å². The molecular formula is C29H30Cl2N2O. The molecule has 2 aliphatic rings. The molecule has 5 heteroatoms. The van der Waals surface area contributed by atoms with Crippen molar-refractivity contribution < 1.29 is 4.79 Å². The molecule has 0 aliphatic carbocycles. The first-order chi connectivity index (χ1) is 16.2. The monoisotopic (exact) mass is 492 g/mol. The van der Waals surface area contributed by atoms with Gasteiger partial charge in [0.2, 0.25) is 0 Å². The van der Waals surface area contributed by atoms with Crippen LogP contribution in [-0.4, -0.2) is 30.4 Å². The number of hydrogen-bond donors (Lipinski definition) is 0. The Bertz CT molecular complexity index is 1220. The summed E-state index contributed by atoms with van der Waals surface area (Å²) >= 11 is 12.4.